The molecule has 368 valence electrons. The maximum absolute atomic E-state index is 3.98. The van der Waals surface area contributed by atoms with Gasteiger partial charge >= 0.3 is 0 Å². The largest absolute Gasteiger partial charge is 0.265 e. The van der Waals surface area contributed by atoms with E-state index in [1.54, 1.807) is 47.5 Å². The van der Waals surface area contributed by atoms with Crippen LogP contribution in [0.1, 0.15) is 189 Å². The van der Waals surface area contributed by atoms with Crippen molar-refractivity contribution in [1.29, 1.82) is 0 Å². The molecule has 0 radical (unpaired) electrons. The van der Waals surface area contributed by atoms with Crippen LogP contribution >= 0.6 is 22.7 Å². The average Bonchev–Trinajstić information content (AvgIpc) is 3.95. The van der Waals surface area contributed by atoms with Crippen molar-refractivity contribution < 1.29 is 0 Å². The minimum Gasteiger partial charge on any atom is -0.265 e. The Morgan fingerprint density at radius 3 is 0.810 bits per heavy atom. The van der Waals surface area contributed by atoms with Crippen LogP contribution in [-0.2, 0) is 0 Å². The molecule has 6 rings (SSSR count). The van der Waals surface area contributed by atoms with Crippen molar-refractivity contribution in [3.63, 3.8) is 0 Å². The van der Waals surface area contributed by atoms with E-state index in [0.717, 1.165) is 5.69 Å². The van der Waals surface area contributed by atoms with Gasteiger partial charge in [0, 0.05) is 46.4 Å². The predicted molar refractivity (Wildman–Crippen MR) is 306 cm³/mol. The van der Waals surface area contributed by atoms with Gasteiger partial charge in [0.25, 0.3) is 0 Å². The van der Waals surface area contributed by atoms with Gasteiger partial charge in [-0.2, -0.15) is 0 Å². The molecule has 0 unspecified atom stereocenters. The van der Waals surface area contributed by atoms with Crippen LogP contribution in [0.3, 0.4) is 0 Å². The smallest absolute Gasteiger partial charge is 0.0372 e. The van der Waals surface area contributed by atoms with E-state index in [-0.39, 0.29) is 7.43 Å². The minimum atomic E-state index is 0. The Morgan fingerprint density at radius 1 is 0.317 bits per heavy atom. The van der Waals surface area contributed by atoms with E-state index in [4.69, 9.17) is 0 Å². The number of thiophene rings is 2. The second-order valence-corrected chi connectivity index (χ2v) is 11.7. The number of benzene rings is 1. The van der Waals surface area contributed by atoms with Crippen LogP contribution < -0.4 is 0 Å². The van der Waals surface area contributed by atoms with Crippen LogP contribution in [0.2, 0.25) is 0 Å². The van der Waals surface area contributed by atoms with Crippen LogP contribution in [0, 0.1) is 55.4 Å². The Hall–Kier alpha value is -3.93. The molecule has 3 nitrogen and oxygen atoms in total. The molecule has 0 bridgehead atoms. The monoisotopic (exact) mass is 912 g/mol. The van der Waals surface area contributed by atoms with E-state index in [9.17, 15) is 0 Å². The lowest BCUT2D eigenvalue weighted by molar-refractivity contribution is 1.20. The van der Waals surface area contributed by atoms with Gasteiger partial charge < -0.3 is 0 Å². The SMILES string of the molecule is C.CC.CC.CC.CC.CC.CC.CC.CC.CC.CC.Cc1ccccc1.Cc1ccccn1.Cc1cccnc1.Cc1ccncc1.Cc1ccsc1C.Cc1ccsc1C. The summed E-state index contributed by atoms with van der Waals surface area (Å²) in [5, 5.41) is 4.23. The summed E-state index contributed by atoms with van der Waals surface area (Å²) in [6.45, 7) is 56.7. The van der Waals surface area contributed by atoms with E-state index in [0.29, 0.717) is 0 Å². The topological polar surface area (TPSA) is 38.7 Å². The maximum Gasteiger partial charge on any atom is 0.0372 e. The predicted octanol–water partition coefficient (Wildman–Crippen LogP) is 21.8. The molecular formula is C58H109N3S2. The van der Waals surface area contributed by atoms with Gasteiger partial charge in [0.1, 0.15) is 0 Å². The number of hydrogen-bond donors (Lipinski definition) is 0. The Balaban J connectivity index is -0.0000000528. The van der Waals surface area contributed by atoms with Crippen molar-refractivity contribution in [2.75, 3.05) is 0 Å². The zero-order chi connectivity index (χ0) is 51.0. The van der Waals surface area contributed by atoms with Gasteiger partial charge in [-0.1, -0.05) is 194 Å². The molecule has 6 aromatic rings. The van der Waals surface area contributed by atoms with Crippen molar-refractivity contribution in [3.05, 3.63) is 170 Å². The van der Waals surface area contributed by atoms with Gasteiger partial charge in [0.2, 0.25) is 0 Å². The third kappa shape index (κ3) is 79.0. The van der Waals surface area contributed by atoms with Crippen molar-refractivity contribution in [3.8, 4) is 0 Å². The Bertz CT molecular complexity index is 1210. The normalized spacial score (nSPS) is 6.92. The molecule has 5 heterocycles. The van der Waals surface area contributed by atoms with E-state index < -0.39 is 0 Å². The summed E-state index contributed by atoms with van der Waals surface area (Å²) in [5.74, 6) is 0. The number of hydrogen-bond acceptors (Lipinski definition) is 5. The van der Waals surface area contributed by atoms with Gasteiger partial charge in [-0.15, -0.1) is 22.7 Å². The minimum absolute atomic E-state index is 0. The first-order valence-electron chi connectivity index (χ1n) is 23.8. The van der Waals surface area contributed by atoms with Crippen molar-refractivity contribution >= 4 is 22.7 Å². The lowest BCUT2D eigenvalue weighted by Gasteiger charge is -1.82. The van der Waals surface area contributed by atoms with Gasteiger partial charge in [-0.25, -0.2) is 0 Å². The third-order valence-corrected chi connectivity index (χ3v) is 7.54. The second-order valence-electron chi connectivity index (χ2n) is 9.50. The summed E-state index contributed by atoms with van der Waals surface area (Å²) in [6, 6.07) is 28.3. The highest BCUT2D eigenvalue weighted by Crippen LogP contribution is 2.12. The molecule has 0 aliphatic heterocycles. The highest BCUT2D eigenvalue weighted by Gasteiger charge is 1.87. The molecule has 0 N–H and O–H groups in total. The van der Waals surface area contributed by atoms with Gasteiger partial charge in [-0.05, 0) is 131 Å². The van der Waals surface area contributed by atoms with Crippen LogP contribution in [-0.4, -0.2) is 15.0 Å². The van der Waals surface area contributed by atoms with Crippen molar-refractivity contribution in [2.45, 2.75) is 201 Å². The lowest BCUT2D eigenvalue weighted by Crippen LogP contribution is -1.72. The van der Waals surface area contributed by atoms with Gasteiger partial charge in [-0.3, -0.25) is 15.0 Å². The average molecular weight is 913 g/mol. The molecule has 5 heteroatoms. The molecule has 1 aromatic carbocycles. The number of rotatable bonds is 0. The zero-order valence-corrected chi connectivity index (χ0v) is 47.9. The Kier molecular flexibility index (Phi) is 122. The summed E-state index contributed by atoms with van der Waals surface area (Å²) < 4.78 is 0. The standard InChI is InChI=1S/C7H8.3C6H7N.2C6H8S.10C2H6.CH4/c1-7-5-3-2-4-6-7;1-6-2-4-7-5-3-6;1-6-3-2-4-7-5-6;1-6-4-2-3-5-7-6;2*1-5-3-4-7-6(5)2;10*1-2;/h2-6H,1H3;3*2-5H,1H3;2*3-4H,1-2H3;10*1-2H3;1H4. The first kappa shape index (κ1) is 86.2. The van der Waals surface area contributed by atoms with Crippen LogP contribution in [0.25, 0.3) is 0 Å². The summed E-state index contributed by atoms with van der Waals surface area (Å²) in [5.41, 5.74) is 7.68. The Labute approximate surface area is 406 Å². The molecule has 0 amide bonds. The van der Waals surface area contributed by atoms with E-state index in [1.807, 2.05) is 226 Å². The fourth-order valence-corrected chi connectivity index (χ4v) is 4.21. The molecule has 63 heavy (non-hydrogen) atoms. The summed E-state index contributed by atoms with van der Waals surface area (Å²) in [7, 11) is 0. The van der Waals surface area contributed by atoms with E-state index in [2.05, 4.69) is 84.6 Å². The van der Waals surface area contributed by atoms with E-state index in [1.165, 1.54) is 37.6 Å². The Morgan fingerprint density at radius 2 is 0.667 bits per heavy atom. The summed E-state index contributed by atoms with van der Waals surface area (Å²) in [4.78, 5) is 14.6. The molecular weight excluding hydrogens is 803 g/mol. The maximum atomic E-state index is 3.98. The van der Waals surface area contributed by atoms with Gasteiger partial charge in [0.05, 0.1) is 0 Å². The lowest BCUT2D eigenvalue weighted by atomic mass is 10.2. The molecule has 0 saturated heterocycles. The molecule has 0 aliphatic rings. The molecule has 0 spiro atoms. The van der Waals surface area contributed by atoms with Crippen molar-refractivity contribution in [1.82, 2.24) is 15.0 Å². The molecule has 0 aliphatic carbocycles. The molecule has 5 aromatic heterocycles. The third-order valence-electron chi connectivity index (χ3n) is 5.65. The fraction of sp³-hybridized carbons (Fsp3) is 0.500. The summed E-state index contributed by atoms with van der Waals surface area (Å²) >= 11 is 3.61. The first-order valence-corrected chi connectivity index (χ1v) is 25.6. The number of pyridine rings is 3. The molecule has 0 atom stereocenters. The molecule has 0 fully saturated rings. The van der Waals surface area contributed by atoms with Gasteiger partial charge in [0.15, 0.2) is 0 Å². The van der Waals surface area contributed by atoms with Crippen molar-refractivity contribution in [2.24, 2.45) is 0 Å². The number of aryl methyl sites for hydroxylation is 8. The fourth-order valence-electron chi connectivity index (χ4n) is 2.75. The van der Waals surface area contributed by atoms with E-state index >= 15 is 0 Å². The van der Waals surface area contributed by atoms with Crippen LogP contribution in [0.4, 0.5) is 0 Å². The highest BCUT2D eigenvalue weighted by atomic mass is 32.1. The second kappa shape index (κ2) is 89.1. The highest BCUT2D eigenvalue weighted by molar-refractivity contribution is 7.10. The summed E-state index contributed by atoms with van der Waals surface area (Å²) in [6.07, 6.45) is 8.97. The number of nitrogens with zero attached hydrogens (tertiary/aromatic N) is 3. The first-order chi connectivity index (χ1) is 30.2. The molecule has 0 saturated carbocycles. The quantitative estimate of drug-likeness (QED) is 0.152. The number of aromatic nitrogens is 3. The zero-order valence-electron chi connectivity index (χ0n) is 46.3. The van der Waals surface area contributed by atoms with Crippen LogP contribution in [0.5, 0.6) is 0 Å². The van der Waals surface area contributed by atoms with Crippen LogP contribution in [0.15, 0.2) is 127 Å².